The number of carbonyl (C=O) groups excluding carboxylic acids is 1. The van der Waals surface area contributed by atoms with Crippen LogP contribution in [0.25, 0.3) is 0 Å². The van der Waals surface area contributed by atoms with Gasteiger partial charge in [0.15, 0.2) is 6.29 Å². The first-order chi connectivity index (χ1) is 8.88. The summed E-state index contributed by atoms with van der Waals surface area (Å²) in [5.74, 6) is 0.782. The molecule has 1 aromatic rings. The molecule has 0 radical (unpaired) electrons. The molecular weight excluding hydrogens is 224 g/mol. The summed E-state index contributed by atoms with van der Waals surface area (Å²) in [6.07, 6.45) is 12.4. The molecule has 98 valence electrons. The fraction of sp³-hybridized carbons (Fsp3) is 0.733. The Morgan fingerprint density at radius 2 is 1.89 bits per heavy atom. The van der Waals surface area contributed by atoms with Crippen LogP contribution in [0.1, 0.15) is 66.7 Å². The van der Waals surface area contributed by atoms with Crippen LogP contribution < -0.4 is 0 Å². The quantitative estimate of drug-likeness (QED) is 0.768. The molecular formula is C15H22N2O. The van der Waals surface area contributed by atoms with Crippen molar-refractivity contribution in [1.29, 1.82) is 0 Å². The van der Waals surface area contributed by atoms with Gasteiger partial charge in [-0.25, -0.2) is 0 Å². The van der Waals surface area contributed by atoms with Crippen LogP contribution in [0.3, 0.4) is 0 Å². The second-order valence-corrected chi connectivity index (χ2v) is 5.82. The van der Waals surface area contributed by atoms with Gasteiger partial charge < -0.3 is 0 Å². The zero-order chi connectivity index (χ0) is 12.4. The minimum absolute atomic E-state index is 0.709. The Morgan fingerprint density at radius 3 is 2.67 bits per heavy atom. The van der Waals surface area contributed by atoms with Gasteiger partial charge in [-0.15, -0.1) is 0 Å². The van der Waals surface area contributed by atoms with E-state index in [9.17, 15) is 4.79 Å². The van der Waals surface area contributed by atoms with Gasteiger partial charge in [0.05, 0.1) is 0 Å². The smallest absolute Gasteiger partial charge is 0.170 e. The van der Waals surface area contributed by atoms with Crippen LogP contribution in [0.4, 0.5) is 0 Å². The van der Waals surface area contributed by atoms with Gasteiger partial charge in [0.1, 0.15) is 5.69 Å². The van der Waals surface area contributed by atoms with Crippen molar-refractivity contribution in [2.45, 2.75) is 64.3 Å². The number of carbonyl (C=O) groups is 1. The lowest BCUT2D eigenvalue weighted by atomic mass is 9.89. The Kier molecular flexibility index (Phi) is 3.48. The molecule has 1 heterocycles. The second-order valence-electron chi connectivity index (χ2n) is 5.82. The van der Waals surface area contributed by atoms with E-state index in [2.05, 4.69) is 9.78 Å². The van der Waals surface area contributed by atoms with Crippen LogP contribution in [0, 0.1) is 5.92 Å². The second kappa shape index (κ2) is 5.25. The number of aromatic nitrogens is 2. The molecule has 2 aliphatic carbocycles. The molecule has 18 heavy (non-hydrogen) atoms. The average molecular weight is 246 g/mol. The van der Waals surface area contributed by atoms with E-state index in [4.69, 9.17) is 0 Å². The first-order valence-electron chi connectivity index (χ1n) is 7.42. The molecule has 0 bridgehead atoms. The molecule has 1 aromatic heterocycles. The summed E-state index contributed by atoms with van der Waals surface area (Å²) in [5, 5.41) is 4.55. The van der Waals surface area contributed by atoms with Crippen molar-refractivity contribution in [2.24, 2.45) is 5.92 Å². The molecule has 0 atom stereocenters. The maximum absolute atomic E-state index is 11.1. The van der Waals surface area contributed by atoms with E-state index in [-0.39, 0.29) is 0 Å². The first kappa shape index (κ1) is 11.9. The molecule has 0 unspecified atom stereocenters. The number of fused-ring (bicyclic) bond motifs is 1. The highest BCUT2D eigenvalue weighted by Gasteiger charge is 2.22. The Bertz CT molecular complexity index is 430. The summed E-state index contributed by atoms with van der Waals surface area (Å²) in [7, 11) is 0. The highest BCUT2D eigenvalue weighted by atomic mass is 16.1. The van der Waals surface area contributed by atoms with Gasteiger partial charge in [-0.3, -0.25) is 9.48 Å². The standard InChI is InChI=1S/C15H22N2O/c18-11-14-13-8-4-5-9-15(13)17(16-14)10-12-6-2-1-3-7-12/h11-12H,1-10H2. The summed E-state index contributed by atoms with van der Waals surface area (Å²) in [5.41, 5.74) is 3.31. The van der Waals surface area contributed by atoms with Crippen LogP contribution in [-0.4, -0.2) is 16.1 Å². The fourth-order valence-electron chi connectivity index (χ4n) is 3.56. The van der Waals surface area contributed by atoms with Gasteiger partial charge in [0, 0.05) is 17.8 Å². The SMILES string of the molecule is O=Cc1nn(CC2CCCCC2)c2c1CCCC2. The largest absolute Gasteiger partial charge is 0.296 e. The van der Waals surface area contributed by atoms with Gasteiger partial charge in [0.25, 0.3) is 0 Å². The lowest BCUT2D eigenvalue weighted by Crippen LogP contribution is -2.18. The molecule has 0 spiro atoms. The minimum atomic E-state index is 0.709. The lowest BCUT2D eigenvalue weighted by Gasteiger charge is -2.23. The molecule has 0 amide bonds. The Hall–Kier alpha value is -1.12. The highest BCUT2D eigenvalue weighted by Crippen LogP contribution is 2.28. The number of aldehydes is 1. The van der Waals surface area contributed by atoms with Gasteiger partial charge in [-0.1, -0.05) is 19.3 Å². The van der Waals surface area contributed by atoms with Gasteiger partial charge in [-0.2, -0.15) is 5.10 Å². The summed E-state index contributed by atoms with van der Waals surface area (Å²) in [6.45, 7) is 1.04. The Labute approximate surface area is 109 Å². The van der Waals surface area contributed by atoms with Crippen molar-refractivity contribution in [3.8, 4) is 0 Å². The van der Waals surface area contributed by atoms with Crippen LogP contribution in [0.5, 0.6) is 0 Å². The maximum atomic E-state index is 11.1. The van der Waals surface area contributed by atoms with E-state index in [1.165, 1.54) is 56.2 Å². The third-order valence-corrected chi connectivity index (χ3v) is 4.56. The van der Waals surface area contributed by atoms with Gasteiger partial charge in [-0.05, 0) is 44.4 Å². The van der Waals surface area contributed by atoms with Crippen LogP contribution in [-0.2, 0) is 19.4 Å². The molecule has 1 fully saturated rings. The summed E-state index contributed by atoms with van der Waals surface area (Å²) < 4.78 is 2.16. The molecule has 3 rings (SSSR count). The molecule has 3 heteroatoms. The molecule has 0 aliphatic heterocycles. The van der Waals surface area contributed by atoms with Crippen LogP contribution in [0.2, 0.25) is 0 Å². The topological polar surface area (TPSA) is 34.9 Å². The number of rotatable bonds is 3. The van der Waals surface area contributed by atoms with Crippen molar-refractivity contribution in [1.82, 2.24) is 9.78 Å². The first-order valence-corrected chi connectivity index (χ1v) is 7.42. The molecule has 0 N–H and O–H groups in total. The van der Waals surface area contributed by atoms with Crippen molar-refractivity contribution in [2.75, 3.05) is 0 Å². The summed E-state index contributed by atoms with van der Waals surface area (Å²) >= 11 is 0. The van der Waals surface area contributed by atoms with Crippen molar-refractivity contribution in [3.63, 3.8) is 0 Å². The molecule has 3 nitrogen and oxygen atoms in total. The van der Waals surface area contributed by atoms with Crippen molar-refractivity contribution < 1.29 is 4.79 Å². The molecule has 1 saturated carbocycles. The summed E-state index contributed by atoms with van der Waals surface area (Å²) in [4.78, 5) is 11.1. The Morgan fingerprint density at radius 1 is 1.11 bits per heavy atom. The van der Waals surface area contributed by atoms with E-state index >= 15 is 0 Å². The van der Waals surface area contributed by atoms with E-state index in [0.717, 1.165) is 31.6 Å². The third-order valence-electron chi connectivity index (χ3n) is 4.56. The van der Waals surface area contributed by atoms with Crippen molar-refractivity contribution >= 4 is 6.29 Å². The van der Waals surface area contributed by atoms with E-state index < -0.39 is 0 Å². The normalized spacial score (nSPS) is 20.7. The highest BCUT2D eigenvalue weighted by molar-refractivity contribution is 5.74. The minimum Gasteiger partial charge on any atom is -0.296 e. The number of hydrogen-bond donors (Lipinski definition) is 0. The van der Waals surface area contributed by atoms with Crippen LogP contribution >= 0.6 is 0 Å². The maximum Gasteiger partial charge on any atom is 0.170 e. The zero-order valence-corrected chi connectivity index (χ0v) is 11.0. The third kappa shape index (κ3) is 2.23. The fourth-order valence-corrected chi connectivity index (χ4v) is 3.56. The lowest BCUT2D eigenvalue weighted by molar-refractivity contribution is 0.111. The van der Waals surface area contributed by atoms with Crippen LogP contribution in [0.15, 0.2) is 0 Å². The number of hydrogen-bond acceptors (Lipinski definition) is 2. The predicted octanol–water partition coefficient (Wildman–Crippen LogP) is 3.15. The predicted molar refractivity (Wildman–Crippen MR) is 70.8 cm³/mol. The average Bonchev–Trinajstić information content (AvgIpc) is 2.78. The van der Waals surface area contributed by atoms with Crippen molar-refractivity contribution in [3.05, 3.63) is 17.0 Å². The Balaban J connectivity index is 1.82. The van der Waals surface area contributed by atoms with E-state index in [0.29, 0.717) is 5.69 Å². The number of nitrogens with zero attached hydrogens (tertiary/aromatic N) is 2. The molecule has 0 aromatic carbocycles. The van der Waals surface area contributed by atoms with E-state index in [1.807, 2.05) is 0 Å². The monoisotopic (exact) mass is 246 g/mol. The zero-order valence-electron chi connectivity index (χ0n) is 11.0. The summed E-state index contributed by atoms with van der Waals surface area (Å²) in [6, 6.07) is 0. The molecule has 2 aliphatic rings. The van der Waals surface area contributed by atoms with Gasteiger partial charge in [0.2, 0.25) is 0 Å². The van der Waals surface area contributed by atoms with E-state index in [1.54, 1.807) is 0 Å². The van der Waals surface area contributed by atoms with Gasteiger partial charge >= 0.3 is 0 Å². The molecule has 0 saturated heterocycles.